The van der Waals surface area contributed by atoms with Gasteiger partial charge in [-0.05, 0) is 72.8 Å². The van der Waals surface area contributed by atoms with Crippen LogP contribution in [0.1, 0.15) is 41.5 Å². The van der Waals surface area contributed by atoms with Crippen LogP contribution in [0.3, 0.4) is 0 Å². The SMILES string of the molecule is CC#N.CC#N.CC#N.CC#N.CC#N.CC#N.F[B-](F)(F)F.F[B-](F)(F)F.F[B-](F)(F)F.F[B-](F)(F)F.[Re].[Re].c1ccc(-c2ccc3cccnc3n2)nc1.c1ccc(-c2ccc3cccnc3n2)nc1. The molecule has 0 amide bonds. The van der Waals surface area contributed by atoms with Crippen LogP contribution >= 0.6 is 0 Å². The van der Waals surface area contributed by atoms with Crippen LogP contribution in [-0.4, -0.2) is 58.9 Å². The summed E-state index contributed by atoms with van der Waals surface area (Å²) in [6, 6.07) is 37.8. The van der Waals surface area contributed by atoms with E-state index in [1.807, 2.05) is 84.9 Å². The average molecular weight is 1380 g/mol. The average Bonchev–Trinajstić information content (AvgIpc) is 3.24. The van der Waals surface area contributed by atoms with Crippen LogP contribution in [0, 0.1) is 68.0 Å². The predicted octanol–water partition coefficient (Wildman–Crippen LogP) is 13.8. The molecule has 0 unspecified atom stereocenters. The van der Waals surface area contributed by atoms with Crippen molar-refractivity contribution in [2.45, 2.75) is 41.5 Å². The van der Waals surface area contributed by atoms with Gasteiger partial charge in [0.1, 0.15) is 0 Å². The summed E-state index contributed by atoms with van der Waals surface area (Å²) in [4.78, 5) is 25.9. The summed E-state index contributed by atoms with van der Waals surface area (Å²) in [5, 5.41) is 46.0. The molecule has 6 aromatic heterocycles. The number of pyridine rings is 6. The van der Waals surface area contributed by atoms with Crippen LogP contribution in [0.4, 0.5) is 69.1 Å². The zero-order valence-corrected chi connectivity index (χ0v) is 43.3. The third-order valence-corrected chi connectivity index (χ3v) is 4.78. The Morgan fingerprint density at radius 3 is 0.708 bits per heavy atom. The van der Waals surface area contributed by atoms with Gasteiger partial charge in [0.2, 0.25) is 0 Å². The molecule has 12 nitrogen and oxygen atoms in total. The first-order chi connectivity index (χ1) is 32.4. The van der Waals surface area contributed by atoms with E-state index in [2.05, 4.69) is 29.9 Å². The van der Waals surface area contributed by atoms with Gasteiger partial charge in [-0.3, -0.25) is 9.97 Å². The van der Waals surface area contributed by atoms with Crippen molar-refractivity contribution in [3.05, 3.63) is 110 Å². The fourth-order valence-electron chi connectivity index (χ4n) is 3.22. The van der Waals surface area contributed by atoms with Crippen LogP contribution in [0.2, 0.25) is 0 Å². The van der Waals surface area contributed by atoms with Crippen molar-refractivity contribution in [3.63, 3.8) is 0 Å². The Hall–Kier alpha value is -7.18. The number of fused-ring (bicyclic) bond motifs is 2. The maximum Gasteiger partial charge on any atom is 0.673 e. The Kier molecular flexibility index (Phi) is 57.0. The monoisotopic (exact) mass is 1380 g/mol. The number of aromatic nitrogens is 6. The van der Waals surface area contributed by atoms with Crippen molar-refractivity contribution in [2.75, 3.05) is 0 Å². The van der Waals surface area contributed by atoms with Crippen molar-refractivity contribution >= 4 is 51.1 Å². The molecule has 0 saturated carbocycles. The Morgan fingerprint density at radius 1 is 0.306 bits per heavy atom. The van der Waals surface area contributed by atoms with Crippen molar-refractivity contribution in [3.8, 4) is 59.2 Å². The maximum absolute atomic E-state index is 9.75. The number of hydrogen-bond acceptors (Lipinski definition) is 12. The standard InChI is InChI=1S/2C13H9N3.6C2H3N.4BF4.2Re/c2*1-2-8-14-11(5-1)12-7-6-10-4-3-9-15-13(10)16-12;6*1-2-3;4*2-1(3,4)5;;/h2*1-9H;6*1H3;;;;;;/q;;;;;;;;4*-1;;. The molecule has 0 aliphatic rings. The Morgan fingerprint density at radius 2 is 0.514 bits per heavy atom. The molecule has 0 saturated heterocycles. The molecule has 0 aromatic carbocycles. The molecule has 72 heavy (non-hydrogen) atoms. The van der Waals surface area contributed by atoms with Gasteiger partial charge in [0.25, 0.3) is 0 Å². The summed E-state index contributed by atoms with van der Waals surface area (Å²) in [7, 11) is -24.0. The van der Waals surface area contributed by atoms with E-state index in [1.165, 1.54) is 41.5 Å². The molecule has 0 atom stereocenters. The summed E-state index contributed by atoms with van der Waals surface area (Å²) in [6.07, 6.45) is 7.02. The van der Waals surface area contributed by atoms with Gasteiger partial charge in [-0.2, -0.15) is 31.6 Å². The molecule has 6 heterocycles. The summed E-state index contributed by atoms with van der Waals surface area (Å²) < 4.78 is 156. The smallest absolute Gasteiger partial charge is 0.418 e. The van der Waals surface area contributed by atoms with Crippen LogP contribution in [0.5, 0.6) is 0 Å². The van der Waals surface area contributed by atoms with Crippen LogP contribution in [0.25, 0.3) is 44.8 Å². The normalized spacial score (nSPS) is 8.67. The van der Waals surface area contributed by atoms with Gasteiger partial charge in [0, 0.05) is 118 Å². The molecule has 6 rings (SSSR count). The minimum Gasteiger partial charge on any atom is -0.418 e. The molecule has 0 bridgehead atoms. The summed E-state index contributed by atoms with van der Waals surface area (Å²) in [5.74, 6) is 0. The molecule has 0 aliphatic heterocycles. The third kappa shape index (κ3) is 74.4. The number of nitriles is 6. The van der Waals surface area contributed by atoms with Gasteiger partial charge in [-0.15, -0.1) is 0 Å². The van der Waals surface area contributed by atoms with E-state index in [4.69, 9.17) is 31.6 Å². The molecule has 0 fully saturated rings. The van der Waals surface area contributed by atoms with Gasteiger partial charge in [0.05, 0.1) is 59.2 Å². The molecule has 0 aliphatic carbocycles. The van der Waals surface area contributed by atoms with Crippen molar-refractivity contribution in [1.82, 2.24) is 29.9 Å². The molecule has 2 radical (unpaired) electrons. The largest absolute Gasteiger partial charge is 0.673 e. The predicted molar refractivity (Wildman–Crippen MR) is 234 cm³/mol. The molecule has 0 spiro atoms. The Labute approximate surface area is 431 Å². The second kappa shape index (κ2) is 50.2. The van der Waals surface area contributed by atoms with Gasteiger partial charge < -0.3 is 69.1 Å². The fraction of sp³-hybridized carbons (Fsp3) is 0.158. The minimum absolute atomic E-state index is 0. The second-order valence-electron chi connectivity index (χ2n) is 10.2. The molecular formula is C38H36B4F16N12Re2-4. The molecule has 34 heteroatoms. The number of rotatable bonds is 2. The third-order valence-electron chi connectivity index (χ3n) is 4.78. The van der Waals surface area contributed by atoms with E-state index in [0.29, 0.717) is 0 Å². The van der Waals surface area contributed by atoms with Gasteiger partial charge in [-0.25, -0.2) is 19.9 Å². The van der Waals surface area contributed by atoms with Crippen LogP contribution in [0.15, 0.2) is 110 Å². The van der Waals surface area contributed by atoms with E-state index in [9.17, 15) is 69.1 Å². The minimum atomic E-state index is -6.00. The van der Waals surface area contributed by atoms with Crippen LogP contribution in [-0.2, 0) is 40.8 Å². The van der Waals surface area contributed by atoms with Gasteiger partial charge in [-0.1, -0.05) is 12.1 Å². The van der Waals surface area contributed by atoms with E-state index in [1.54, 1.807) is 61.2 Å². The van der Waals surface area contributed by atoms with E-state index >= 15 is 0 Å². The van der Waals surface area contributed by atoms with E-state index in [-0.39, 0.29) is 40.8 Å². The van der Waals surface area contributed by atoms with E-state index in [0.717, 1.165) is 44.8 Å². The first-order valence-corrected chi connectivity index (χ1v) is 18.0. The summed E-state index contributed by atoms with van der Waals surface area (Å²) in [5.41, 5.74) is 4.96. The maximum atomic E-state index is 9.75. The Bertz CT molecular complexity index is 2230. The van der Waals surface area contributed by atoms with E-state index < -0.39 is 29.0 Å². The summed E-state index contributed by atoms with van der Waals surface area (Å²) in [6.45, 7) is 8.58. The quantitative estimate of drug-likeness (QED) is 0.117. The fourth-order valence-corrected chi connectivity index (χ4v) is 3.22. The first-order valence-electron chi connectivity index (χ1n) is 18.0. The number of halogens is 16. The zero-order valence-electron chi connectivity index (χ0n) is 37.9. The topological polar surface area (TPSA) is 220 Å². The van der Waals surface area contributed by atoms with Crippen molar-refractivity contribution in [1.29, 1.82) is 31.6 Å². The van der Waals surface area contributed by atoms with Crippen molar-refractivity contribution < 1.29 is 110 Å². The van der Waals surface area contributed by atoms with Gasteiger partial charge in [0.15, 0.2) is 11.3 Å². The Balaban J connectivity index is -0.000000113. The summed E-state index contributed by atoms with van der Waals surface area (Å²) >= 11 is 0. The molecule has 6 aromatic rings. The van der Waals surface area contributed by atoms with Crippen LogP contribution < -0.4 is 0 Å². The zero-order chi connectivity index (χ0) is 55.8. The second-order valence-corrected chi connectivity index (χ2v) is 10.2. The number of nitrogens with zero attached hydrogens (tertiary/aromatic N) is 12. The van der Waals surface area contributed by atoms with Crippen molar-refractivity contribution in [2.24, 2.45) is 0 Å². The number of hydrogen-bond donors (Lipinski definition) is 0. The van der Waals surface area contributed by atoms with Gasteiger partial charge >= 0.3 is 29.0 Å². The molecule has 0 N–H and O–H groups in total. The first kappa shape index (κ1) is 81.8. The molecule has 390 valence electrons. The molecular weight excluding hydrogens is 1340 g/mol.